The van der Waals surface area contributed by atoms with Crippen molar-refractivity contribution in [3.63, 3.8) is 0 Å². The molecule has 1 N–H and O–H groups in total. The highest BCUT2D eigenvalue weighted by Crippen LogP contribution is 2.16. The predicted molar refractivity (Wildman–Crippen MR) is 92.6 cm³/mol. The third kappa shape index (κ3) is 5.69. The van der Waals surface area contributed by atoms with E-state index < -0.39 is 0 Å². The summed E-state index contributed by atoms with van der Waals surface area (Å²) in [5.74, 6) is 1.09. The fourth-order valence-corrected chi connectivity index (χ4v) is 3.23. The maximum absolute atomic E-state index is 5.71. The Kier molecular flexibility index (Phi) is 7.88. The van der Waals surface area contributed by atoms with Gasteiger partial charge in [0, 0.05) is 13.0 Å². The molecule has 1 aromatic heterocycles. The van der Waals surface area contributed by atoms with Crippen molar-refractivity contribution in [2.75, 3.05) is 6.61 Å². The van der Waals surface area contributed by atoms with Crippen LogP contribution in [0.3, 0.4) is 0 Å². The number of aromatic amines is 1. The standard InChI is InChI=1S/C17H29N3OS/c1-2-3-4-5-6-7-8-9-12-16-18-19-17(22)20(16)14-15-11-10-13-21-15/h2,15H,1,3-14H2,(H,19,22)/t15-/m1/s1. The molecule has 0 aromatic carbocycles. The van der Waals surface area contributed by atoms with Gasteiger partial charge in [-0.3, -0.25) is 5.10 Å². The highest BCUT2D eigenvalue weighted by Gasteiger charge is 2.18. The molecule has 1 atom stereocenters. The molecular formula is C17H29N3OS. The summed E-state index contributed by atoms with van der Waals surface area (Å²) in [4.78, 5) is 0. The molecule has 0 amide bonds. The van der Waals surface area contributed by atoms with E-state index in [9.17, 15) is 0 Å². The van der Waals surface area contributed by atoms with Crippen LogP contribution >= 0.6 is 12.2 Å². The van der Waals surface area contributed by atoms with E-state index >= 15 is 0 Å². The van der Waals surface area contributed by atoms with Crippen LogP contribution in [0.25, 0.3) is 0 Å². The first-order valence-electron chi connectivity index (χ1n) is 8.68. The Bertz CT molecular complexity index is 488. The summed E-state index contributed by atoms with van der Waals surface area (Å²) >= 11 is 5.35. The zero-order valence-electron chi connectivity index (χ0n) is 13.6. The quantitative estimate of drug-likeness (QED) is 0.368. The average molecular weight is 324 g/mol. The minimum absolute atomic E-state index is 0.313. The van der Waals surface area contributed by atoms with Gasteiger partial charge in [-0.15, -0.1) is 6.58 Å². The molecule has 0 saturated carbocycles. The highest BCUT2D eigenvalue weighted by atomic mass is 32.1. The number of H-pyrrole nitrogens is 1. The molecule has 4 nitrogen and oxygen atoms in total. The molecule has 0 aliphatic carbocycles. The van der Waals surface area contributed by atoms with Gasteiger partial charge in [-0.25, -0.2) is 0 Å². The lowest BCUT2D eigenvalue weighted by Gasteiger charge is -2.12. The summed E-state index contributed by atoms with van der Waals surface area (Å²) in [7, 11) is 0. The Morgan fingerprint density at radius 2 is 2.05 bits per heavy atom. The van der Waals surface area contributed by atoms with Crippen molar-refractivity contribution in [3.8, 4) is 0 Å². The first kappa shape index (κ1) is 17.4. The summed E-state index contributed by atoms with van der Waals surface area (Å²) in [6.45, 7) is 5.50. The Morgan fingerprint density at radius 3 is 2.77 bits per heavy atom. The second-order valence-corrected chi connectivity index (χ2v) is 6.53. The smallest absolute Gasteiger partial charge is 0.195 e. The van der Waals surface area contributed by atoms with Crippen LogP contribution in [-0.4, -0.2) is 27.5 Å². The third-order valence-electron chi connectivity index (χ3n) is 4.31. The molecule has 0 bridgehead atoms. The number of allylic oxidation sites excluding steroid dienone is 1. The SMILES string of the molecule is C=CCCCCCCCCc1n[nH]c(=S)n1C[C@H]1CCCO1. The Morgan fingerprint density at radius 1 is 1.27 bits per heavy atom. The Labute approximate surface area is 139 Å². The summed E-state index contributed by atoms with van der Waals surface area (Å²) in [5, 5.41) is 7.33. The van der Waals surface area contributed by atoms with Gasteiger partial charge in [0.25, 0.3) is 0 Å². The van der Waals surface area contributed by atoms with Gasteiger partial charge in [0.1, 0.15) is 5.82 Å². The van der Waals surface area contributed by atoms with Crippen LogP contribution in [0.4, 0.5) is 0 Å². The minimum atomic E-state index is 0.313. The molecule has 124 valence electrons. The van der Waals surface area contributed by atoms with E-state index in [0.29, 0.717) is 6.10 Å². The van der Waals surface area contributed by atoms with Gasteiger partial charge < -0.3 is 9.30 Å². The van der Waals surface area contributed by atoms with E-state index in [2.05, 4.69) is 21.3 Å². The number of rotatable bonds is 11. The molecule has 1 fully saturated rings. The van der Waals surface area contributed by atoms with Gasteiger partial charge in [-0.05, 0) is 44.3 Å². The van der Waals surface area contributed by atoms with Crippen LogP contribution in [0.1, 0.15) is 63.6 Å². The second kappa shape index (κ2) is 9.95. The lowest BCUT2D eigenvalue weighted by atomic mass is 10.1. The highest BCUT2D eigenvalue weighted by molar-refractivity contribution is 7.71. The molecule has 1 aliphatic heterocycles. The zero-order chi connectivity index (χ0) is 15.6. The molecule has 2 heterocycles. The minimum Gasteiger partial charge on any atom is -0.376 e. The molecule has 0 unspecified atom stereocenters. The van der Waals surface area contributed by atoms with E-state index in [-0.39, 0.29) is 0 Å². The molecule has 0 radical (unpaired) electrons. The van der Waals surface area contributed by atoms with E-state index in [1.54, 1.807) is 0 Å². The molecular weight excluding hydrogens is 294 g/mol. The van der Waals surface area contributed by atoms with Gasteiger partial charge in [-0.1, -0.05) is 31.8 Å². The van der Waals surface area contributed by atoms with Crippen LogP contribution in [0, 0.1) is 4.77 Å². The molecule has 0 spiro atoms. The normalized spacial score (nSPS) is 17.9. The van der Waals surface area contributed by atoms with Gasteiger partial charge in [-0.2, -0.15) is 5.10 Å². The van der Waals surface area contributed by atoms with Crippen LogP contribution in [0.15, 0.2) is 12.7 Å². The van der Waals surface area contributed by atoms with Crippen LogP contribution < -0.4 is 0 Å². The maximum atomic E-state index is 5.71. The lowest BCUT2D eigenvalue weighted by Crippen LogP contribution is -2.17. The summed E-state index contributed by atoms with van der Waals surface area (Å²) < 4.78 is 8.58. The van der Waals surface area contributed by atoms with Crippen LogP contribution in [-0.2, 0) is 17.7 Å². The summed E-state index contributed by atoms with van der Waals surface area (Å²) in [6.07, 6.45) is 14.5. The number of hydrogen-bond acceptors (Lipinski definition) is 3. The Balaban J connectivity index is 1.67. The first-order chi connectivity index (χ1) is 10.8. The lowest BCUT2D eigenvalue weighted by molar-refractivity contribution is 0.0958. The number of hydrogen-bond donors (Lipinski definition) is 1. The number of unbranched alkanes of at least 4 members (excludes halogenated alkanes) is 6. The van der Waals surface area contributed by atoms with Crippen molar-refractivity contribution in [1.82, 2.24) is 14.8 Å². The first-order valence-corrected chi connectivity index (χ1v) is 9.08. The zero-order valence-corrected chi connectivity index (χ0v) is 14.4. The van der Waals surface area contributed by atoms with E-state index in [1.807, 2.05) is 6.08 Å². The van der Waals surface area contributed by atoms with E-state index in [4.69, 9.17) is 17.0 Å². The van der Waals surface area contributed by atoms with Gasteiger partial charge in [0.05, 0.1) is 12.6 Å². The van der Waals surface area contributed by atoms with Crippen molar-refractivity contribution >= 4 is 12.2 Å². The monoisotopic (exact) mass is 323 g/mol. The number of nitrogens with zero attached hydrogens (tertiary/aromatic N) is 2. The molecule has 22 heavy (non-hydrogen) atoms. The summed E-state index contributed by atoms with van der Waals surface area (Å²) in [6, 6.07) is 0. The number of ether oxygens (including phenoxy) is 1. The van der Waals surface area contributed by atoms with Crippen molar-refractivity contribution in [1.29, 1.82) is 0 Å². The average Bonchev–Trinajstić information content (AvgIpc) is 3.14. The number of aryl methyl sites for hydroxylation is 1. The number of nitrogens with one attached hydrogen (secondary N) is 1. The molecule has 2 rings (SSSR count). The van der Waals surface area contributed by atoms with Crippen molar-refractivity contribution < 1.29 is 4.74 Å². The van der Waals surface area contributed by atoms with Crippen LogP contribution in [0.2, 0.25) is 0 Å². The fourth-order valence-electron chi connectivity index (χ4n) is 3.00. The van der Waals surface area contributed by atoms with Crippen molar-refractivity contribution in [2.24, 2.45) is 0 Å². The second-order valence-electron chi connectivity index (χ2n) is 6.14. The van der Waals surface area contributed by atoms with Crippen molar-refractivity contribution in [2.45, 2.75) is 76.9 Å². The molecule has 1 aliphatic rings. The molecule has 1 saturated heterocycles. The van der Waals surface area contributed by atoms with Gasteiger partial charge in [0.2, 0.25) is 0 Å². The largest absolute Gasteiger partial charge is 0.376 e. The van der Waals surface area contributed by atoms with E-state index in [1.165, 1.54) is 38.5 Å². The summed E-state index contributed by atoms with van der Waals surface area (Å²) in [5.41, 5.74) is 0. The van der Waals surface area contributed by atoms with Crippen LogP contribution in [0.5, 0.6) is 0 Å². The Hall–Kier alpha value is -0.940. The third-order valence-corrected chi connectivity index (χ3v) is 4.62. The van der Waals surface area contributed by atoms with E-state index in [0.717, 1.165) is 49.4 Å². The topological polar surface area (TPSA) is 42.8 Å². The maximum Gasteiger partial charge on any atom is 0.195 e. The fraction of sp³-hybridized carbons (Fsp3) is 0.765. The van der Waals surface area contributed by atoms with Gasteiger partial charge >= 0.3 is 0 Å². The molecule has 5 heteroatoms. The predicted octanol–water partition coefficient (Wildman–Crippen LogP) is 4.58. The van der Waals surface area contributed by atoms with Gasteiger partial charge in [0.15, 0.2) is 4.77 Å². The molecule has 1 aromatic rings. The van der Waals surface area contributed by atoms with Crippen molar-refractivity contribution in [3.05, 3.63) is 23.3 Å². The number of aromatic nitrogens is 3.